The number of amides is 1. The Labute approximate surface area is 205 Å². The number of hydrogen-bond acceptors (Lipinski definition) is 6. The lowest BCUT2D eigenvalue weighted by Gasteiger charge is -2.13. The molecule has 0 spiro atoms. The van der Waals surface area contributed by atoms with E-state index < -0.39 is 40.0 Å². The highest BCUT2D eigenvalue weighted by Crippen LogP contribution is 2.35. The van der Waals surface area contributed by atoms with Crippen LogP contribution < -0.4 is 15.2 Å². The van der Waals surface area contributed by atoms with Crippen molar-refractivity contribution in [2.45, 2.75) is 24.4 Å². The Balaban J connectivity index is 1.69. The Morgan fingerprint density at radius 1 is 1.14 bits per heavy atom. The Hall–Kier alpha value is -4.11. The molecule has 9 nitrogen and oxygen atoms in total. The largest absolute Gasteiger partial charge is 0.417 e. The van der Waals surface area contributed by atoms with Gasteiger partial charge in [0.2, 0.25) is 10.0 Å². The highest BCUT2D eigenvalue weighted by molar-refractivity contribution is 7.89. The molecule has 0 radical (unpaired) electrons. The predicted octanol–water partition coefficient (Wildman–Crippen LogP) is 4.92. The summed E-state index contributed by atoms with van der Waals surface area (Å²) in [6.45, 7) is 1.22. The van der Waals surface area contributed by atoms with Crippen molar-refractivity contribution in [1.82, 2.24) is 14.6 Å². The zero-order valence-corrected chi connectivity index (χ0v) is 19.4. The van der Waals surface area contributed by atoms with Crippen LogP contribution in [0.3, 0.4) is 0 Å². The van der Waals surface area contributed by atoms with Crippen molar-refractivity contribution in [2.24, 2.45) is 5.14 Å². The summed E-state index contributed by atoms with van der Waals surface area (Å²) in [7, 11) is -4.05. The number of halogens is 5. The summed E-state index contributed by atoms with van der Waals surface area (Å²) in [5.41, 5.74) is -1.96. The SMILES string of the molecule is Cc1cc(-c2cc(C(F)F)n3ncc(OC(=O)Nc4cccc(S(N)(=O)=O)c4)c3n2)ccc1C(F)(F)F. The van der Waals surface area contributed by atoms with Crippen LogP contribution in [0, 0.1) is 6.92 Å². The van der Waals surface area contributed by atoms with Crippen LogP contribution in [-0.2, 0) is 16.2 Å². The van der Waals surface area contributed by atoms with Gasteiger partial charge in [-0.1, -0.05) is 12.1 Å². The van der Waals surface area contributed by atoms with Crippen LogP contribution in [0.5, 0.6) is 5.75 Å². The average Bonchev–Trinajstić information content (AvgIpc) is 3.19. The van der Waals surface area contributed by atoms with Gasteiger partial charge in [-0.2, -0.15) is 18.3 Å². The van der Waals surface area contributed by atoms with E-state index in [1.165, 1.54) is 25.1 Å². The number of nitrogens with two attached hydrogens (primary N) is 1. The number of nitrogens with one attached hydrogen (secondary N) is 1. The molecule has 0 unspecified atom stereocenters. The fourth-order valence-corrected chi connectivity index (χ4v) is 4.04. The summed E-state index contributed by atoms with van der Waals surface area (Å²) < 4.78 is 95.7. The van der Waals surface area contributed by atoms with E-state index in [1.807, 2.05) is 0 Å². The molecule has 2 heterocycles. The quantitative estimate of drug-likeness (QED) is 0.345. The number of fused-ring (bicyclic) bond motifs is 1. The summed E-state index contributed by atoms with van der Waals surface area (Å²) in [6.07, 6.45) is -7.82. The van der Waals surface area contributed by atoms with E-state index in [4.69, 9.17) is 9.88 Å². The molecule has 194 valence electrons. The van der Waals surface area contributed by atoms with Gasteiger partial charge in [0, 0.05) is 11.3 Å². The summed E-state index contributed by atoms with van der Waals surface area (Å²) in [4.78, 5) is 16.3. The lowest BCUT2D eigenvalue weighted by atomic mass is 10.0. The van der Waals surface area contributed by atoms with Crippen LogP contribution in [0.2, 0.25) is 0 Å². The fraction of sp³-hybridized carbons (Fsp3) is 0.136. The Morgan fingerprint density at radius 3 is 2.49 bits per heavy atom. The third-order valence-electron chi connectivity index (χ3n) is 5.13. The van der Waals surface area contributed by atoms with Crippen LogP contribution in [-0.4, -0.2) is 29.1 Å². The molecule has 4 rings (SSSR count). The number of nitrogens with zero attached hydrogens (tertiary/aromatic N) is 3. The van der Waals surface area contributed by atoms with Gasteiger partial charge in [-0.3, -0.25) is 5.32 Å². The monoisotopic (exact) mass is 541 g/mol. The molecule has 1 amide bonds. The van der Waals surface area contributed by atoms with E-state index >= 15 is 0 Å². The van der Waals surface area contributed by atoms with Gasteiger partial charge in [0.25, 0.3) is 6.43 Å². The third-order valence-corrected chi connectivity index (χ3v) is 6.04. The van der Waals surface area contributed by atoms with Crippen molar-refractivity contribution in [3.63, 3.8) is 0 Å². The number of ether oxygens (including phenoxy) is 1. The number of primary sulfonamides is 1. The number of alkyl halides is 5. The molecule has 0 fully saturated rings. The van der Waals surface area contributed by atoms with E-state index in [9.17, 15) is 35.2 Å². The maximum Gasteiger partial charge on any atom is 0.417 e. The standard InChI is InChI=1S/C22H16F5N5O4S/c1-11-7-12(5-6-15(11)22(25,26)27)16-9-17(19(23)24)32-20(31-16)18(10-29-32)36-21(33)30-13-3-2-4-14(8-13)37(28,34)35/h2-10,19H,1H3,(H,30,33)(H2,28,34,35). The van der Waals surface area contributed by atoms with Crippen molar-refractivity contribution in [2.75, 3.05) is 5.32 Å². The van der Waals surface area contributed by atoms with Crippen molar-refractivity contribution >= 4 is 27.5 Å². The first-order chi connectivity index (χ1) is 17.2. The number of hydrogen-bond donors (Lipinski definition) is 2. The maximum atomic E-state index is 13.8. The Kier molecular flexibility index (Phi) is 6.60. The Bertz CT molecular complexity index is 1620. The minimum absolute atomic E-state index is 0.00939. The van der Waals surface area contributed by atoms with Crippen molar-refractivity contribution in [3.8, 4) is 17.0 Å². The van der Waals surface area contributed by atoms with Crippen LogP contribution >= 0.6 is 0 Å². The first-order valence-corrected chi connectivity index (χ1v) is 11.8. The molecule has 0 saturated heterocycles. The molecule has 0 saturated carbocycles. The molecule has 2 aromatic heterocycles. The van der Waals surface area contributed by atoms with E-state index in [-0.39, 0.29) is 38.8 Å². The van der Waals surface area contributed by atoms with E-state index in [0.29, 0.717) is 0 Å². The predicted molar refractivity (Wildman–Crippen MR) is 121 cm³/mol. The van der Waals surface area contributed by atoms with E-state index in [2.05, 4.69) is 15.4 Å². The summed E-state index contributed by atoms with van der Waals surface area (Å²) >= 11 is 0. The average molecular weight is 541 g/mol. The van der Waals surface area contributed by atoms with E-state index in [0.717, 1.165) is 41.0 Å². The van der Waals surface area contributed by atoms with Gasteiger partial charge in [-0.25, -0.2) is 36.6 Å². The molecular formula is C22H16F5N5O4S. The van der Waals surface area contributed by atoms with Gasteiger partial charge in [0.15, 0.2) is 11.4 Å². The molecule has 0 bridgehead atoms. The lowest BCUT2D eigenvalue weighted by molar-refractivity contribution is -0.138. The van der Waals surface area contributed by atoms with Crippen molar-refractivity contribution in [3.05, 3.63) is 71.5 Å². The Morgan fingerprint density at radius 2 is 1.86 bits per heavy atom. The summed E-state index contributed by atoms with van der Waals surface area (Å²) in [5.74, 6) is -0.340. The van der Waals surface area contributed by atoms with Gasteiger partial charge in [-0.05, 0) is 48.9 Å². The molecule has 2 aromatic carbocycles. The van der Waals surface area contributed by atoms with Gasteiger partial charge < -0.3 is 4.74 Å². The zero-order valence-electron chi connectivity index (χ0n) is 18.6. The number of aryl methyl sites for hydroxylation is 1. The molecule has 0 atom stereocenters. The smallest absolute Gasteiger partial charge is 0.404 e. The van der Waals surface area contributed by atoms with Crippen molar-refractivity contribution < 1.29 is 39.9 Å². The molecule has 0 aliphatic rings. The summed E-state index contributed by atoms with van der Waals surface area (Å²) in [6, 6.07) is 8.97. The molecule has 0 aliphatic heterocycles. The number of sulfonamides is 1. The zero-order chi connectivity index (χ0) is 27.1. The second-order valence-electron chi connectivity index (χ2n) is 7.73. The van der Waals surface area contributed by atoms with Crippen LogP contribution in [0.15, 0.2) is 59.6 Å². The number of anilines is 1. The lowest BCUT2D eigenvalue weighted by Crippen LogP contribution is -2.18. The number of rotatable bonds is 5. The first kappa shape index (κ1) is 26.0. The molecule has 0 aliphatic carbocycles. The first-order valence-electron chi connectivity index (χ1n) is 10.2. The van der Waals surface area contributed by atoms with Gasteiger partial charge in [0.1, 0.15) is 5.69 Å². The van der Waals surface area contributed by atoms with Gasteiger partial charge in [-0.15, -0.1) is 0 Å². The van der Waals surface area contributed by atoms with Crippen LogP contribution in [0.1, 0.15) is 23.2 Å². The number of carbonyl (C=O) groups excluding carboxylic acids is 1. The second-order valence-corrected chi connectivity index (χ2v) is 9.29. The highest BCUT2D eigenvalue weighted by Gasteiger charge is 2.32. The van der Waals surface area contributed by atoms with Gasteiger partial charge in [0.05, 0.1) is 22.3 Å². The number of benzene rings is 2. The van der Waals surface area contributed by atoms with Crippen LogP contribution in [0.4, 0.5) is 32.4 Å². The normalized spacial score (nSPS) is 12.2. The topological polar surface area (TPSA) is 129 Å². The summed E-state index contributed by atoms with van der Waals surface area (Å²) in [5, 5.41) is 11.1. The number of aromatic nitrogens is 3. The van der Waals surface area contributed by atoms with Crippen molar-refractivity contribution in [1.29, 1.82) is 0 Å². The molecule has 3 N–H and O–H groups in total. The highest BCUT2D eigenvalue weighted by atomic mass is 32.2. The molecule has 15 heteroatoms. The third kappa shape index (κ3) is 5.51. The molecule has 37 heavy (non-hydrogen) atoms. The minimum Gasteiger partial charge on any atom is -0.404 e. The number of carbonyl (C=O) groups is 1. The minimum atomic E-state index is -4.60. The van der Waals surface area contributed by atoms with Gasteiger partial charge >= 0.3 is 12.3 Å². The maximum absolute atomic E-state index is 13.8. The molecular weight excluding hydrogens is 525 g/mol. The van der Waals surface area contributed by atoms with E-state index in [1.54, 1.807) is 0 Å². The molecule has 4 aromatic rings. The second kappa shape index (κ2) is 9.40. The fourth-order valence-electron chi connectivity index (χ4n) is 3.48. The van der Waals surface area contributed by atoms with Crippen LogP contribution in [0.25, 0.3) is 16.9 Å².